The zero-order valence-electron chi connectivity index (χ0n) is 9.63. The quantitative estimate of drug-likeness (QED) is 0.531. The van der Waals surface area contributed by atoms with E-state index in [9.17, 15) is 9.18 Å². The van der Waals surface area contributed by atoms with Gasteiger partial charge < -0.3 is 0 Å². The number of thiocarbonyl (C=S) groups is 1. The molecule has 1 N–H and O–H groups in total. The summed E-state index contributed by atoms with van der Waals surface area (Å²) in [4.78, 5) is 14.5. The number of benzene rings is 1. The number of H-pyrrole nitrogens is 1. The van der Waals surface area contributed by atoms with Crippen molar-refractivity contribution in [1.29, 1.82) is 0 Å². The van der Waals surface area contributed by atoms with E-state index in [0.717, 1.165) is 5.56 Å². The molecule has 0 saturated heterocycles. The number of hydrogen-bond acceptors (Lipinski definition) is 3. The molecular formula is C13H8FN3OS. The summed E-state index contributed by atoms with van der Waals surface area (Å²) in [6.45, 7) is 0. The predicted molar refractivity (Wildman–Crippen MR) is 73.0 cm³/mol. The Balaban J connectivity index is 2.30. The average molecular weight is 273 g/mol. The lowest BCUT2D eigenvalue weighted by Gasteiger charge is -1.99. The molecule has 1 aromatic heterocycles. The molecule has 0 spiro atoms. The first-order chi connectivity index (χ1) is 9.20. The largest absolute Gasteiger partial charge is 0.278 e. The topological polar surface area (TPSA) is 58.1 Å². The third-order valence-corrected chi connectivity index (χ3v) is 2.45. The Morgan fingerprint density at radius 1 is 1.42 bits per heavy atom. The second-order valence-corrected chi connectivity index (χ2v) is 3.76. The van der Waals surface area contributed by atoms with E-state index in [1.807, 2.05) is 5.16 Å². The first-order valence-corrected chi connectivity index (χ1v) is 5.71. The fourth-order valence-corrected chi connectivity index (χ4v) is 1.60. The van der Waals surface area contributed by atoms with E-state index in [0.29, 0.717) is 11.3 Å². The zero-order chi connectivity index (χ0) is 13.7. The summed E-state index contributed by atoms with van der Waals surface area (Å²) in [6.07, 6.45) is 4.38. The number of hydrogen-bond donors (Lipinski definition) is 1. The maximum Gasteiger partial charge on any atom is 0.278 e. The molecule has 0 aliphatic rings. The number of carbonyl (C=O) groups excluding carboxylic acids is 1. The standard InChI is InChI=1S/C13H8FN3OS/c14-11-4-1-9(2-5-11)13-10(7-16-17-13)3-6-12(18)15-8-19/h1-7H,(H,16,17). The van der Waals surface area contributed by atoms with Gasteiger partial charge in [-0.2, -0.15) is 10.1 Å². The first kappa shape index (κ1) is 13.0. The van der Waals surface area contributed by atoms with Crippen LogP contribution >= 0.6 is 12.2 Å². The molecule has 1 aromatic carbocycles. The Morgan fingerprint density at radius 2 is 2.16 bits per heavy atom. The van der Waals surface area contributed by atoms with Gasteiger partial charge in [-0.25, -0.2) is 4.39 Å². The van der Waals surface area contributed by atoms with Crippen molar-refractivity contribution in [3.8, 4) is 11.3 Å². The average Bonchev–Trinajstić information content (AvgIpc) is 2.86. The van der Waals surface area contributed by atoms with Gasteiger partial charge in [-0.15, -0.1) is 0 Å². The van der Waals surface area contributed by atoms with Crippen LogP contribution in [0, 0.1) is 5.82 Å². The Labute approximate surface area is 113 Å². The van der Waals surface area contributed by atoms with Crippen LogP contribution in [0.25, 0.3) is 17.3 Å². The van der Waals surface area contributed by atoms with Crippen LogP contribution in [0.15, 0.2) is 41.5 Å². The third-order valence-electron chi connectivity index (χ3n) is 2.36. The van der Waals surface area contributed by atoms with Crippen molar-refractivity contribution in [2.75, 3.05) is 0 Å². The molecule has 0 aliphatic carbocycles. The van der Waals surface area contributed by atoms with E-state index in [1.54, 1.807) is 24.4 Å². The van der Waals surface area contributed by atoms with Crippen LogP contribution in [0.2, 0.25) is 0 Å². The molecule has 0 saturated carbocycles. The molecule has 0 atom stereocenters. The number of nitrogens with one attached hydrogen (secondary N) is 1. The van der Waals surface area contributed by atoms with Crippen molar-refractivity contribution in [1.82, 2.24) is 10.2 Å². The normalized spacial score (nSPS) is 10.4. The SMILES string of the molecule is O=C(C=Cc1cn[nH]c1-c1ccc(F)cc1)N=C=S. The number of aromatic amines is 1. The third kappa shape index (κ3) is 3.28. The lowest BCUT2D eigenvalue weighted by molar-refractivity contribution is -0.113. The summed E-state index contributed by atoms with van der Waals surface area (Å²) in [5.74, 6) is -0.813. The number of aromatic nitrogens is 2. The van der Waals surface area contributed by atoms with Gasteiger partial charge in [-0.1, -0.05) is 0 Å². The fourth-order valence-electron chi connectivity index (χ4n) is 1.51. The van der Waals surface area contributed by atoms with Gasteiger partial charge in [0, 0.05) is 17.2 Å². The first-order valence-electron chi connectivity index (χ1n) is 5.30. The highest BCUT2D eigenvalue weighted by Gasteiger charge is 2.05. The van der Waals surface area contributed by atoms with Crippen LogP contribution in [-0.2, 0) is 4.79 Å². The van der Waals surface area contributed by atoms with Gasteiger partial charge in [0.25, 0.3) is 5.91 Å². The number of halogens is 1. The van der Waals surface area contributed by atoms with Gasteiger partial charge in [-0.3, -0.25) is 9.89 Å². The van der Waals surface area contributed by atoms with Crippen LogP contribution in [0.5, 0.6) is 0 Å². The van der Waals surface area contributed by atoms with Crippen LogP contribution in [0.4, 0.5) is 4.39 Å². The maximum atomic E-state index is 12.9. The van der Waals surface area contributed by atoms with Gasteiger partial charge in [0.1, 0.15) is 5.82 Å². The summed E-state index contributed by atoms with van der Waals surface area (Å²) in [5.41, 5.74) is 2.15. The smallest absolute Gasteiger partial charge is 0.277 e. The number of rotatable bonds is 3. The molecule has 0 fully saturated rings. The molecule has 0 radical (unpaired) electrons. The fraction of sp³-hybridized carbons (Fsp3) is 0. The summed E-state index contributed by atoms with van der Waals surface area (Å²) in [7, 11) is 0. The van der Waals surface area contributed by atoms with Crippen molar-refractivity contribution in [2.45, 2.75) is 0 Å². The zero-order valence-corrected chi connectivity index (χ0v) is 10.4. The Kier molecular flexibility index (Phi) is 4.07. The highest BCUT2D eigenvalue weighted by Crippen LogP contribution is 2.22. The Hall–Kier alpha value is -2.43. The van der Waals surface area contributed by atoms with E-state index < -0.39 is 5.91 Å². The van der Waals surface area contributed by atoms with Crippen molar-refractivity contribution in [3.05, 3.63) is 47.9 Å². The molecule has 0 aliphatic heterocycles. The van der Waals surface area contributed by atoms with E-state index in [2.05, 4.69) is 27.4 Å². The van der Waals surface area contributed by atoms with Crippen LogP contribution in [0.1, 0.15) is 5.56 Å². The minimum absolute atomic E-state index is 0.314. The molecule has 2 rings (SSSR count). The van der Waals surface area contributed by atoms with Crippen molar-refractivity contribution < 1.29 is 9.18 Å². The molecule has 94 valence electrons. The summed E-state index contributed by atoms with van der Waals surface area (Å²) in [5, 5.41) is 8.68. The minimum atomic E-state index is -0.499. The summed E-state index contributed by atoms with van der Waals surface area (Å²) in [6, 6.07) is 5.95. The molecule has 4 nitrogen and oxygen atoms in total. The van der Waals surface area contributed by atoms with E-state index in [1.165, 1.54) is 18.2 Å². The monoisotopic (exact) mass is 273 g/mol. The molecule has 6 heteroatoms. The molecule has 19 heavy (non-hydrogen) atoms. The number of carbonyl (C=O) groups is 1. The minimum Gasteiger partial charge on any atom is -0.277 e. The van der Waals surface area contributed by atoms with E-state index in [-0.39, 0.29) is 5.82 Å². The lowest BCUT2D eigenvalue weighted by Crippen LogP contribution is -1.85. The number of amides is 1. The number of isothiocyanates is 1. The van der Waals surface area contributed by atoms with Gasteiger partial charge in [0.05, 0.1) is 17.1 Å². The lowest BCUT2D eigenvalue weighted by atomic mass is 10.1. The van der Waals surface area contributed by atoms with Gasteiger partial charge in [0.2, 0.25) is 0 Å². The van der Waals surface area contributed by atoms with Crippen molar-refractivity contribution in [3.63, 3.8) is 0 Å². The van der Waals surface area contributed by atoms with Crippen molar-refractivity contribution in [2.24, 2.45) is 4.99 Å². The van der Waals surface area contributed by atoms with Crippen LogP contribution in [0.3, 0.4) is 0 Å². The van der Waals surface area contributed by atoms with E-state index in [4.69, 9.17) is 0 Å². The molecule has 1 amide bonds. The van der Waals surface area contributed by atoms with E-state index >= 15 is 0 Å². The summed E-state index contributed by atoms with van der Waals surface area (Å²) >= 11 is 4.33. The van der Waals surface area contributed by atoms with Gasteiger partial charge in [0.15, 0.2) is 0 Å². The molecular weight excluding hydrogens is 265 g/mol. The second-order valence-electron chi connectivity index (χ2n) is 3.58. The molecule has 0 bridgehead atoms. The highest BCUT2D eigenvalue weighted by atomic mass is 32.1. The Bertz CT molecular complexity index is 669. The highest BCUT2D eigenvalue weighted by molar-refractivity contribution is 7.78. The molecule has 0 unspecified atom stereocenters. The maximum absolute atomic E-state index is 12.9. The Morgan fingerprint density at radius 3 is 2.84 bits per heavy atom. The second kappa shape index (κ2) is 5.95. The van der Waals surface area contributed by atoms with Crippen molar-refractivity contribution >= 4 is 29.4 Å². The van der Waals surface area contributed by atoms with Gasteiger partial charge in [-0.05, 0) is 42.6 Å². The molecule has 1 heterocycles. The van der Waals surface area contributed by atoms with Gasteiger partial charge >= 0.3 is 0 Å². The van der Waals surface area contributed by atoms with Crippen LogP contribution in [-0.4, -0.2) is 21.3 Å². The predicted octanol–water partition coefficient (Wildman–Crippen LogP) is 2.86. The molecule has 2 aromatic rings. The van der Waals surface area contributed by atoms with Crippen LogP contribution < -0.4 is 0 Å². The number of aliphatic imine (C=N–C) groups is 1. The summed E-state index contributed by atoms with van der Waals surface area (Å²) < 4.78 is 12.9. The number of nitrogens with zero attached hydrogens (tertiary/aromatic N) is 2.